The number of carbonyl (C=O) groups is 2. The van der Waals surface area contributed by atoms with Gasteiger partial charge in [0.2, 0.25) is 0 Å². The van der Waals surface area contributed by atoms with E-state index in [1.807, 2.05) is 72.8 Å². The van der Waals surface area contributed by atoms with Crippen molar-refractivity contribution in [2.45, 2.75) is 31.5 Å². The molecule has 242 valence electrons. The SMILES string of the molecule is C=C(C)C(=O)OC(CO)COc1ccc(C2(c3ccc(OCC(CO)OC(=O)C(=C)C)cc3)c3ccccc3-c3ccccc32)cc1. The predicted molar refractivity (Wildman–Crippen MR) is 178 cm³/mol. The third kappa shape index (κ3) is 6.84. The lowest BCUT2D eigenvalue weighted by Gasteiger charge is -2.34. The van der Waals surface area contributed by atoms with E-state index < -0.39 is 29.6 Å². The van der Waals surface area contributed by atoms with E-state index in [1.54, 1.807) is 13.8 Å². The minimum Gasteiger partial charge on any atom is -0.490 e. The van der Waals surface area contributed by atoms with E-state index in [9.17, 15) is 19.8 Å². The monoisotopic (exact) mass is 634 g/mol. The number of rotatable bonds is 14. The average molecular weight is 635 g/mol. The van der Waals surface area contributed by atoms with E-state index in [1.165, 1.54) is 0 Å². The standard InChI is InChI=1S/C39H38O8/c1-25(2)37(42)46-31(21-40)23-44-29-17-13-27(14-18-29)39(35-11-7-5-9-33(35)34-10-6-8-12-36(34)39)28-15-19-30(20-16-28)45-24-32(22-41)47-38(43)26(3)4/h5-20,31-32,40-41H,1,3,21-24H2,2,4H3. The third-order valence-corrected chi connectivity index (χ3v) is 8.05. The van der Waals surface area contributed by atoms with Crippen LogP contribution in [0.5, 0.6) is 11.5 Å². The van der Waals surface area contributed by atoms with Crippen LogP contribution in [0.1, 0.15) is 36.1 Å². The molecule has 0 spiro atoms. The van der Waals surface area contributed by atoms with Gasteiger partial charge in [0.15, 0.2) is 12.2 Å². The maximum atomic E-state index is 11.9. The van der Waals surface area contributed by atoms with E-state index in [2.05, 4.69) is 37.4 Å². The Balaban J connectivity index is 1.47. The van der Waals surface area contributed by atoms with E-state index in [0.717, 1.165) is 33.4 Å². The Morgan fingerprint density at radius 2 is 0.979 bits per heavy atom. The van der Waals surface area contributed by atoms with Crippen molar-refractivity contribution >= 4 is 11.9 Å². The fraction of sp³-hybridized carbons (Fsp3) is 0.231. The summed E-state index contributed by atoms with van der Waals surface area (Å²) < 4.78 is 22.3. The van der Waals surface area contributed by atoms with Crippen LogP contribution in [0.15, 0.2) is 121 Å². The summed E-state index contributed by atoms with van der Waals surface area (Å²) in [5.74, 6) is -0.0515. The molecule has 0 aromatic heterocycles. The Labute approximate surface area is 274 Å². The van der Waals surface area contributed by atoms with Gasteiger partial charge in [0.05, 0.1) is 18.6 Å². The normalized spacial score (nSPS) is 13.8. The Kier molecular flexibility index (Phi) is 10.2. The number of carbonyl (C=O) groups excluding carboxylic acids is 2. The Morgan fingerprint density at radius 1 is 0.617 bits per heavy atom. The van der Waals surface area contributed by atoms with Crippen molar-refractivity contribution in [3.05, 3.63) is 144 Å². The minimum atomic E-state index is -0.828. The van der Waals surface area contributed by atoms with E-state index in [0.29, 0.717) is 11.5 Å². The van der Waals surface area contributed by atoms with Gasteiger partial charge in [0.25, 0.3) is 0 Å². The lowest BCUT2D eigenvalue weighted by molar-refractivity contribution is -0.148. The second kappa shape index (κ2) is 14.5. The van der Waals surface area contributed by atoms with Crippen molar-refractivity contribution in [1.29, 1.82) is 0 Å². The number of hydrogen-bond donors (Lipinski definition) is 2. The van der Waals surface area contributed by atoms with Crippen molar-refractivity contribution in [3.63, 3.8) is 0 Å². The number of aliphatic hydroxyl groups excluding tert-OH is 2. The summed E-state index contributed by atoms with van der Waals surface area (Å²) >= 11 is 0. The summed E-state index contributed by atoms with van der Waals surface area (Å²) in [6, 6.07) is 32.3. The van der Waals surface area contributed by atoms with Gasteiger partial charge in [-0.05, 0) is 71.5 Å². The van der Waals surface area contributed by atoms with Crippen molar-refractivity contribution < 1.29 is 38.7 Å². The number of aliphatic hydroxyl groups is 2. The number of ether oxygens (including phenoxy) is 4. The molecular weight excluding hydrogens is 596 g/mol. The zero-order valence-corrected chi connectivity index (χ0v) is 26.5. The van der Waals surface area contributed by atoms with Crippen molar-refractivity contribution in [3.8, 4) is 22.6 Å². The van der Waals surface area contributed by atoms with Gasteiger partial charge in [-0.3, -0.25) is 0 Å². The second-order valence-corrected chi connectivity index (χ2v) is 11.5. The van der Waals surface area contributed by atoms with Gasteiger partial charge >= 0.3 is 11.9 Å². The molecule has 4 aromatic rings. The summed E-state index contributed by atoms with van der Waals surface area (Å²) in [5.41, 5.74) is 6.37. The first-order valence-electron chi connectivity index (χ1n) is 15.3. The molecule has 2 atom stereocenters. The first-order valence-corrected chi connectivity index (χ1v) is 15.3. The summed E-state index contributed by atoms with van der Waals surface area (Å²) in [4.78, 5) is 23.8. The molecule has 0 bridgehead atoms. The van der Waals surface area contributed by atoms with Gasteiger partial charge in [0, 0.05) is 11.1 Å². The van der Waals surface area contributed by atoms with Crippen LogP contribution in [0.3, 0.4) is 0 Å². The maximum Gasteiger partial charge on any atom is 0.333 e. The highest BCUT2D eigenvalue weighted by Crippen LogP contribution is 2.56. The first-order chi connectivity index (χ1) is 22.7. The zero-order chi connectivity index (χ0) is 33.6. The minimum absolute atomic E-state index is 0.0172. The molecule has 8 heteroatoms. The fourth-order valence-electron chi connectivity index (χ4n) is 5.76. The van der Waals surface area contributed by atoms with Crippen LogP contribution in [-0.4, -0.2) is 60.8 Å². The summed E-state index contributed by atoms with van der Waals surface area (Å²) in [7, 11) is 0. The largest absolute Gasteiger partial charge is 0.490 e. The van der Waals surface area contributed by atoms with Gasteiger partial charge in [-0.1, -0.05) is 86.0 Å². The van der Waals surface area contributed by atoms with Gasteiger partial charge < -0.3 is 29.2 Å². The van der Waals surface area contributed by atoms with Gasteiger partial charge in [0.1, 0.15) is 24.7 Å². The lowest BCUT2D eigenvalue weighted by atomic mass is 9.68. The molecular formula is C39H38O8. The quantitative estimate of drug-likeness (QED) is 0.117. The number of benzene rings is 4. The Morgan fingerprint density at radius 3 is 1.32 bits per heavy atom. The highest BCUT2D eigenvalue weighted by molar-refractivity contribution is 5.88. The molecule has 0 fully saturated rings. The van der Waals surface area contributed by atoms with Crippen LogP contribution in [0.2, 0.25) is 0 Å². The predicted octanol–water partition coefficient (Wildman–Crippen LogP) is 5.77. The maximum absolute atomic E-state index is 11.9. The van der Waals surface area contributed by atoms with Crippen LogP contribution in [-0.2, 0) is 24.5 Å². The van der Waals surface area contributed by atoms with Crippen molar-refractivity contribution in [2.24, 2.45) is 0 Å². The summed E-state index contributed by atoms with van der Waals surface area (Å²) in [5, 5.41) is 19.4. The van der Waals surface area contributed by atoms with Crippen LogP contribution in [0, 0.1) is 0 Å². The Bertz CT molecular complexity index is 1630. The van der Waals surface area contributed by atoms with Crippen LogP contribution >= 0.6 is 0 Å². The molecule has 2 unspecified atom stereocenters. The smallest absolute Gasteiger partial charge is 0.333 e. The highest BCUT2D eigenvalue weighted by Gasteiger charge is 2.45. The molecule has 0 aliphatic heterocycles. The summed E-state index contributed by atoms with van der Waals surface area (Å²) in [6.07, 6.45) is -1.66. The topological polar surface area (TPSA) is 112 Å². The number of esters is 2. The molecule has 0 radical (unpaired) electrons. The number of hydrogen-bond acceptors (Lipinski definition) is 8. The molecule has 8 nitrogen and oxygen atoms in total. The Hall–Kier alpha value is -5.18. The fourth-order valence-corrected chi connectivity index (χ4v) is 5.76. The van der Waals surface area contributed by atoms with E-state index >= 15 is 0 Å². The van der Waals surface area contributed by atoms with Gasteiger partial charge in [-0.2, -0.15) is 0 Å². The first kappa shape index (κ1) is 33.2. The van der Waals surface area contributed by atoms with Crippen LogP contribution in [0.25, 0.3) is 11.1 Å². The molecule has 0 heterocycles. The van der Waals surface area contributed by atoms with E-state index in [-0.39, 0.29) is 37.6 Å². The summed E-state index contributed by atoms with van der Waals surface area (Å²) in [6.45, 7) is 9.45. The molecule has 5 rings (SSSR count). The second-order valence-electron chi connectivity index (χ2n) is 11.5. The lowest BCUT2D eigenvalue weighted by Crippen LogP contribution is -2.29. The molecule has 47 heavy (non-hydrogen) atoms. The molecule has 2 N–H and O–H groups in total. The number of fused-ring (bicyclic) bond motifs is 3. The third-order valence-electron chi connectivity index (χ3n) is 8.05. The van der Waals surface area contributed by atoms with E-state index in [4.69, 9.17) is 18.9 Å². The van der Waals surface area contributed by atoms with Gasteiger partial charge in [-0.25, -0.2) is 9.59 Å². The highest BCUT2D eigenvalue weighted by atomic mass is 16.6. The zero-order valence-electron chi connectivity index (χ0n) is 26.5. The van der Waals surface area contributed by atoms with Crippen molar-refractivity contribution in [2.75, 3.05) is 26.4 Å². The molecule has 0 saturated carbocycles. The molecule has 0 saturated heterocycles. The molecule has 1 aliphatic carbocycles. The molecule has 4 aromatic carbocycles. The van der Waals surface area contributed by atoms with Crippen molar-refractivity contribution in [1.82, 2.24) is 0 Å². The molecule has 1 aliphatic rings. The van der Waals surface area contributed by atoms with Crippen LogP contribution < -0.4 is 9.47 Å². The molecule has 0 amide bonds. The van der Waals surface area contributed by atoms with Gasteiger partial charge in [-0.15, -0.1) is 0 Å². The van der Waals surface area contributed by atoms with Crippen LogP contribution in [0.4, 0.5) is 0 Å². The average Bonchev–Trinajstić information content (AvgIpc) is 3.39.